The Bertz CT molecular complexity index is 1180. The minimum atomic E-state index is -0.804. The molecule has 356 valence electrons. The van der Waals surface area contributed by atoms with Crippen LogP contribution in [0, 0.1) is 0 Å². The fraction of sp³-hybridized carbons (Fsp3) is 0.732. The molecule has 0 rings (SSSR count). The molecule has 0 aliphatic carbocycles. The molecule has 0 aromatic rings. The first-order chi connectivity index (χ1) is 30.5. The maximum Gasteiger partial charge on any atom is 0.306 e. The minimum Gasteiger partial charge on any atom is -0.462 e. The highest BCUT2D eigenvalue weighted by atomic mass is 16.6. The van der Waals surface area contributed by atoms with Crippen LogP contribution in [0.3, 0.4) is 0 Å². The number of esters is 3. The van der Waals surface area contributed by atoms with Gasteiger partial charge in [0.25, 0.3) is 0 Å². The van der Waals surface area contributed by atoms with E-state index >= 15 is 0 Å². The van der Waals surface area contributed by atoms with Gasteiger partial charge in [0.15, 0.2) is 6.10 Å². The Hall–Kier alpha value is -3.15. The van der Waals surface area contributed by atoms with Crippen LogP contribution in [0.15, 0.2) is 72.9 Å². The van der Waals surface area contributed by atoms with E-state index in [-0.39, 0.29) is 37.5 Å². The Balaban J connectivity index is 4.48. The molecular weight excluding hydrogens is 769 g/mol. The summed E-state index contributed by atoms with van der Waals surface area (Å²) in [6.45, 7) is 6.51. The van der Waals surface area contributed by atoms with Crippen molar-refractivity contribution in [2.45, 2.75) is 252 Å². The average molecular weight is 865 g/mol. The Morgan fingerprint density at radius 3 is 1.11 bits per heavy atom. The van der Waals surface area contributed by atoms with Crippen LogP contribution < -0.4 is 0 Å². The fourth-order valence-corrected chi connectivity index (χ4v) is 6.97. The van der Waals surface area contributed by atoms with E-state index in [1.807, 2.05) is 0 Å². The van der Waals surface area contributed by atoms with Crippen molar-refractivity contribution < 1.29 is 28.6 Å². The smallest absolute Gasteiger partial charge is 0.306 e. The SMILES string of the molecule is CCCCC/C=C\C=C/CCCCCCCCC(=O)OC(COC(=O)CCC/C=C\C/C=C\C/C=C\CCCCCCCC)COC(=O)CCCCCCC/C=C\CCCCC. The first kappa shape index (κ1) is 58.9. The third-order valence-corrected chi connectivity index (χ3v) is 10.9. The summed E-state index contributed by atoms with van der Waals surface area (Å²) in [5.74, 6) is -0.975. The molecule has 0 aliphatic heterocycles. The number of hydrogen-bond donors (Lipinski definition) is 0. The maximum absolute atomic E-state index is 12.8. The van der Waals surface area contributed by atoms with Crippen LogP contribution in [0.25, 0.3) is 0 Å². The number of ether oxygens (including phenoxy) is 3. The van der Waals surface area contributed by atoms with Gasteiger partial charge in [0.1, 0.15) is 13.2 Å². The number of unbranched alkanes of at least 4 members (excludes halogenated alkanes) is 24. The minimum absolute atomic E-state index is 0.100. The zero-order valence-electron chi connectivity index (χ0n) is 40.6. The second-order valence-corrected chi connectivity index (χ2v) is 17.1. The Morgan fingerprint density at radius 1 is 0.339 bits per heavy atom. The van der Waals surface area contributed by atoms with Gasteiger partial charge in [0, 0.05) is 19.3 Å². The number of carbonyl (C=O) groups excluding carboxylic acids is 3. The third kappa shape index (κ3) is 47.9. The summed E-state index contributed by atoms with van der Waals surface area (Å²) in [4.78, 5) is 37.9. The quantitative estimate of drug-likeness (QED) is 0.0199. The van der Waals surface area contributed by atoms with Gasteiger partial charge in [-0.15, -0.1) is 0 Å². The van der Waals surface area contributed by atoms with Crippen molar-refractivity contribution in [3.8, 4) is 0 Å². The lowest BCUT2D eigenvalue weighted by atomic mass is 10.1. The monoisotopic (exact) mass is 865 g/mol. The lowest BCUT2D eigenvalue weighted by molar-refractivity contribution is -0.167. The van der Waals surface area contributed by atoms with E-state index in [1.54, 1.807) is 0 Å². The topological polar surface area (TPSA) is 78.9 Å². The van der Waals surface area contributed by atoms with Crippen LogP contribution in [-0.2, 0) is 28.6 Å². The van der Waals surface area contributed by atoms with Crippen molar-refractivity contribution in [3.05, 3.63) is 72.9 Å². The first-order valence-corrected chi connectivity index (χ1v) is 26.0. The van der Waals surface area contributed by atoms with Crippen molar-refractivity contribution in [2.24, 2.45) is 0 Å². The maximum atomic E-state index is 12.8. The number of allylic oxidation sites excluding steroid dienone is 12. The van der Waals surface area contributed by atoms with Gasteiger partial charge >= 0.3 is 17.9 Å². The molecule has 0 spiro atoms. The van der Waals surface area contributed by atoms with Crippen molar-refractivity contribution in [1.29, 1.82) is 0 Å². The molecule has 1 unspecified atom stereocenters. The summed E-state index contributed by atoms with van der Waals surface area (Å²) in [5, 5.41) is 0. The Morgan fingerprint density at radius 2 is 0.645 bits per heavy atom. The molecule has 0 fully saturated rings. The van der Waals surface area contributed by atoms with Crippen LogP contribution in [0.2, 0.25) is 0 Å². The number of hydrogen-bond acceptors (Lipinski definition) is 6. The molecule has 0 heterocycles. The van der Waals surface area contributed by atoms with Crippen molar-refractivity contribution in [3.63, 3.8) is 0 Å². The summed E-state index contributed by atoms with van der Waals surface area (Å²) < 4.78 is 16.7. The highest BCUT2D eigenvalue weighted by molar-refractivity contribution is 5.71. The van der Waals surface area contributed by atoms with Gasteiger partial charge in [-0.2, -0.15) is 0 Å². The van der Waals surface area contributed by atoms with E-state index in [1.165, 1.54) is 116 Å². The molecule has 0 radical (unpaired) electrons. The molecule has 0 amide bonds. The molecule has 6 heteroatoms. The summed E-state index contributed by atoms with van der Waals surface area (Å²) in [6.07, 6.45) is 63.1. The van der Waals surface area contributed by atoms with Crippen LogP contribution in [-0.4, -0.2) is 37.2 Å². The lowest BCUT2D eigenvalue weighted by Gasteiger charge is -2.18. The zero-order chi connectivity index (χ0) is 45.1. The van der Waals surface area contributed by atoms with Crippen LogP contribution in [0.5, 0.6) is 0 Å². The van der Waals surface area contributed by atoms with Crippen molar-refractivity contribution in [1.82, 2.24) is 0 Å². The molecule has 0 N–H and O–H groups in total. The van der Waals surface area contributed by atoms with E-state index < -0.39 is 6.10 Å². The van der Waals surface area contributed by atoms with Crippen LogP contribution in [0.1, 0.15) is 245 Å². The van der Waals surface area contributed by atoms with E-state index in [0.29, 0.717) is 19.3 Å². The van der Waals surface area contributed by atoms with Crippen molar-refractivity contribution in [2.75, 3.05) is 13.2 Å². The van der Waals surface area contributed by atoms with Crippen LogP contribution in [0.4, 0.5) is 0 Å². The molecule has 0 saturated carbocycles. The van der Waals surface area contributed by atoms with E-state index in [4.69, 9.17) is 14.2 Å². The summed E-state index contributed by atoms with van der Waals surface area (Å²) in [5.41, 5.74) is 0. The third-order valence-electron chi connectivity index (χ3n) is 10.9. The average Bonchev–Trinajstić information content (AvgIpc) is 3.27. The molecule has 0 aromatic carbocycles. The van der Waals surface area contributed by atoms with E-state index in [2.05, 4.69) is 93.7 Å². The molecule has 0 saturated heterocycles. The van der Waals surface area contributed by atoms with Crippen LogP contribution >= 0.6 is 0 Å². The standard InChI is InChI=1S/C56H96O6/c1-4-7-10-13-16-19-22-25-27-28-30-31-34-37-40-43-46-49-55(58)61-52-53(51-60-54(57)48-45-42-39-36-33-24-21-18-15-12-9-6-3)62-56(59)50-47-44-41-38-35-32-29-26-23-20-17-14-11-8-5-2/h17-18,20-21,23,25-27,30-31,37,40,53H,4-16,19,22,24,28-29,32-36,38-39,41-52H2,1-3H3/b20-17-,21-18-,26-23-,27-25-,31-30-,40-37-. The molecular formula is C56H96O6. The zero-order valence-corrected chi connectivity index (χ0v) is 40.6. The van der Waals surface area contributed by atoms with Gasteiger partial charge in [0.2, 0.25) is 0 Å². The highest BCUT2D eigenvalue weighted by Gasteiger charge is 2.19. The van der Waals surface area contributed by atoms with E-state index in [9.17, 15) is 14.4 Å². The predicted octanol–water partition coefficient (Wildman–Crippen LogP) is 17.0. The van der Waals surface area contributed by atoms with Gasteiger partial charge in [-0.05, 0) is 103 Å². The van der Waals surface area contributed by atoms with Gasteiger partial charge in [0.05, 0.1) is 0 Å². The largest absolute Gasteiger partial charge is 0.462 e. The summed E-state index contributed by atoms with van der Waals surface area (Å²) in [6, 6.07) is 0. The normalized spacial score (nSPS) is 12.6. The Kier molecular flexibility index (Phi) is 47.9. The molecule has 0 aromatic heterocycles. The fourth-order valence-electron chi connectivity index (χ4n) is 6.97. The Labute approximate surface area is 382 Å². The lowest BCUT2D eigenvalue weighted by Crippen LogP contribution is -2.30. The highest BCUT2D eigenvalue weighted by Crippen LogP contribution is 2.13. The van der Waals surface area contributed by atoms with Gasteiger partial charge in [-0.25, -0.2) is 0 Å². The summed E-state index contributed by atoms with van der Waals surface area (Å²) in [7, 11) is 0. The summed E-state index contributed by atoms with van der Waals surface area (Å²) >= 11 is 0. The molecule has 0 bridgehead atoms. The van der Waals surface area contributed by atoms with Gasteiger partial charge in [-0.1, -0.05) is 196 Å². The number of rotatable bonds is 46. The molecule has 0 aliphatic rings. The van der Waals surface area contributed by atoms with Crippen molar-refractivity contribution >= 4 is 17.9 Å². The molecule has 1 atom stereocenters. The van der Waals surface area contributed by atoms with Gasteiger partial charge < -0.3 is 14.2 Å². The number of carbonyl (C=O) groups is 3. The second-order valence-electron chi connectivity index (χ2n) is 17.1. The van der Waals surface area contributed by atoms with E-state index in [0.717, 1.165) is 83.5 Å². The second kappa shape index (κ2) is 50.5. The van der Waals surface area contributed by atoms with Gasteiger partial charge in [-0.3, -0.25) is 14.4 Å². The predicted molar refractivity (Wildman–Crippen MR) is 265 cm³/mol. The molecule has 6 nitrogen and oxygen atoms in total. The first-order valence-electron chi connectivity index (χ1n) is 26.0. The molecule has 62 heavy (non-hydrogen) atoms.